The second-order valence-electron chi connectivity index (χ2n) is 6.09. The number of aromatic nitrogens is 1. The van der Waals surface area contributed by atoms with Crippen molar-refractivity contribution in [2.24, 2.45) is 0 Å². The Kier molecular flexibility index (Phi) is 4.19. The number of nitrogens with two attached hydrogens (primary N) is 1. The van der Waals surface area contributed by atoms with E-state index in [1.165, 1.54) is 17.2 Å². The van der Waals surface area contributed by atoms with Gasteiger partial charge in [0.25, 0.3) is 5.56 Å². The Morgan fingerprint density at radius 1 is 1.04 bits per heavy atom. The Bertz CT molecular complexity index is 772. The van der Waals surface area contributed by atoms with E-state index >= 15 is 0 Å². The average Bonchev–Trinajstić information content (AvgIpc) is 2.58. The zero-order valence-corrected chi connectivity index (χ0v) is 12.9. The van der Waals surface area contributed by atoms with Crippen LogP contribution in [-0.4, -0.2) is 15.8 Å². The molecule has 5 nitrogen and oxygen atoms in total. The minimum atomic E-state index is -0.961. The Balaban J connectivity index is 2.01. The molecule has 3 rings (SSSR count). The quantitative estimate of drug-likeness (QED) is 0.853. The van der Waals surface area contributed by atoms with E-state index in [1.807, 2.05) is 6.07 Å². The summed E-state index contributed by atoms with van der Waals surface area (Å²) in [5.74, 6) is 5.31. The summed E-state index contributed by atoms with van der Waals surface area (Å²) >= 11 is 0. The average molecular weight is 312 g/mol. The molecule has 1 aliphatic carbocycles. The molecular weight excluding hydrogens is 292 g/mol. The maximum atomic E-state index is 12.2. The van der Waals surface area contributed by atoms with E-state index in [1.54, 1.807) is 24.3 Å². The molecule has 2 aromatic rings. The highest BCUT2D eigenvalue weighted by atomic mass is 16.4. The SMILES string of the molecule is Nn1c(C2CCCCC2)cc(-c2ccc(C(=O)O)cc2)cc1=O. The van der Waals surface area contributed by atoms with Gasteiger partial charge in [0.2, 0.25) is 0 Å². The smallest absolute Gasteiger partial charge is 0.335 e. The zero-order valence-electron chi connectivity index (χ0n) is 12.9. The highest BCUT2D eigenvalue weighted by molar-refractivity contribution is 5.88. The lowest BCUT2D eigenvalue weighted by atomic mass is 9.86. The number of aromatic carboxylic acids is 1. The van der Waals surface area contributed by atoms with Gasteiger partial charge in [0.1, 0.15) is 0 Å². The molecular formula is C18H20N2O3. The van der Waals surface area contributed by atoms with Crippen molar-refractivity contribution in [2.45, 2.75) is 38.0 Å². The van der Waals surface area contributed by atoms with E-state index in [-0.39, 0.29) is 11.1 Å². The highest BCUT2D eigenvalue weighted by Crippen LogP contribution is 2.33. The molecule has 1 saturated carbocycles. The van der Waals surface area contributed by atoms with Crippen LogP contribution in [0.3, 0.4) is 0 Å². The van der Waals surface area contributed by atoms with Crippen molar-refractivity contribution in [3.8, 4) is 11.1 Å². The minimum Gasteiger partial charge on any atom is -0.478 e. The summed E-state index contributed by atoms with van der Waals surface area (Å²) in [5, 5.41) is 8.97. The van der Waals surface area contributed by atoms with Crippen LogP contribution < -0.4 is 11.4 Å². The van der Waals surface area contributed by atoms with Crippen LogP contribution in [0.25, 0.3) is 11.1 Å². The van der Waals surface area contributed by atoms with Crippen LogP contribution in [0.2, 0.25) is 0 Å². The monoisotopic (exact) mass is 312 g/mol. The van der Waals surface area contributed by atoms with Crippen molar-refractivity contribution in [3.05, 3.63) is 58.0 Å². The maximum absolute atomic E-state index is 12.2. The van der Waals surface area contributed by atoms with Crippen molar-refractivity contribution in [2.75, 3.05) is 5.84 Å². The molecule has 1 aromatic heterocycles. The van der Waals surface area contributed by atoms with Gasteiger partial charge in [-0.05, 0) is 42.2 Å². The highest BCUT2D eigenvalue weighted by Gasteiger charge is 2.19. The molecule has 0 atom stereocenters. The fourth-order valence-corrected chi connectivity index (χ4v) is 3.29. The van der Waals surface area contributed by atoms with Gasteiger partial charge < -0.3 is 10.9 Å². The molecule has 0 radical (unpaired) electrons. The van der Waals surface area contributed by atoms with Gasteiger partial charge in [-0.3, -0.25) is 4.79 Å². The third kappa shape index (κ3) is 3.13. The zero-order chi connectivity index (χ0) is 16.4. The second-order valence-corrected chi connectivity index (χ2v) is 6.09. The van der Waals surface area contributed by atoms with Crippen LogP contribution in [0.1, 0.15) is 54.1 Å². The topological polar surface area (TPSA) is 85.3 Å². The molecule has 0 saturated heterocycles. The molecule has 0 bridgehead atoms. The number of hydrogen-bond acceptors (Lipinski definition) is 3. The Hall–Kier alpha value is -2.56. The summed E-state index contributed by atoms with van der Waals surface area (Å²) < 4.78 is 1.26. The third-order valence-electron chi connectivity index (χ3n) is 4.59. The normalized spacial score (nSPS) is 15.5. The summed E-state index contributed by atoms with van der Waals surface area (Å²) in [5.41, 5.74) is 2.48. The Morgan fingerprint density at radius 2 is 1.70 bits per heavy atom. The molecule has 1 heterocycles. The lowest BCUT2D eigenvalue weighted by Crippen LogP contribution is -2.31. The maximum Gasteiger partial charge on any atom is 0.335 e. The van der Waals surface area contributed by atoms with Gasteiger partial charge in [-0.2, -0.15) is 0 Å². The summed E-state index contributed by atoms with van der Waals surface area (Å²) in [6.07, 6.45) is 5.67. The predicted molar refractivity (Wildman–Crippen MR) is 89.1 cm³/mol. The van der Waals surface area contributed by atoms with Crippen molar-refractivity contribution in [1.82, 2.24) is 4.68 Å². The second kappa shape index (κ2) is 6.28. The van der Waals surface area contributed by atoms with Crippen LogP contribution in [0.15, 0.2) is 41.2 Å². The van der Waals surface area contributed by atoms with Crippen molar-refractivity contribution in [1.29, 1.82) is 0 Å². The van der Waals surface area contributed by atoms with E-state index in [0.717, 1.165) is 42.5 Å². The van der Waals surface area contributed by atoms with E-state index in [4.69, 9.17) is 10.9 Å². The van der Waals surface area contributed by atoms with Gasteiger partial charge in [-0.15, -0.1) is 0 Å². The number of hydrogen-bond donors (Lipinski definition) is 2. The van der Waals surface area contributed by atoms with Crippen molar-refractivity contribution < 1.29 is 9.90 Å². The van der Waals surface area contributed by atoms with Crippen LogP contribution in [-0.2, 0) is 0 Å². The number of pyridine rings is 1. The van der Waals surface area contributed by atoms with Crippen molar-refractivity contribution >= 4 is 5.97 Å². The van der Waals surface area contributed by atoms with E-state index in [0.29, 0.717) is 5.92 Å². The first-order valence-electron chi connectivity index (χ1n) is 7.92. The molecule has 3 N–H and O–H groups in total. The van der Waals surface area contributed by atoms with E-state index < -0.39 is 5.97 Å². The number of benzene rings is 1. The molecule has 1 aromatic carbocycles. The summed E-state index contributed by atoms with van der Waals surface area (Å²) in [6.45, 7) is 0. The minimum absolute atomic E-state index is 0.230. The first-order chi connectivity index (χ1) is 11.1. The molecule has 23 heavy (non-hydrogen) atoms. The molecule has 120 valence electrons. The summed E-state index contributed by atoms with van der Waals surface area (Å²) in [7, 11) is 0. The lowest BCUT2D eigenvalue weighted by molar-refractivity contribution is 0.0697. The van der Waals surface area contributed by atoms with Gasteiger partial charge in [-0.1, -0.05) is 31.4 Å². The Labute approximate surface area is 134 Å². The van der Waals surface area contributed by atoms with E-state index in [2.05, 4.69) is 0 Å². The van der Waals surface area contributed by atoms with Crippen LogP contribution >= 0.6 is 0 Å². The van der Waals surface area contributed by atoms with Crippen molar-refractivity contribution in [3.63, 3.8) is 0 Å². The van der Waals surface area contributed by atoms with Crippen LogP contribution in [0.4, 0.5) is 0 Å². The first kappa shape index (κ1) is 15.3. The molecule has 0 amide bonds. The number of carboxylic acid groups (broad SMARTS) is 1. The first-order valence-corrected chi connectivity index (χ1v) is 7.92. The standard InChI is InChI=1S/C18H20N2O3/c19-20-16(13-4-2-1-3-5-13)10-15(11-17(20)21)12-6-8-14(9-7-12)18(22)23/h6-11,13H,1-5,19H2,(H,22,23). The Morgan fingerprint density at radius 3 is 2.30 bits per heavy atom. The number of nitrogens with zero attached hydrogens (tertiary/aromatic N) is 1. The molecule has 0 aliphatic heterocycles. The lowest BCUT2D eigenvalue weighted by Gasteiger charge is -2.24. The molecule has 0 spiro atoms. The molecule has 5 heteroatoms. The summed E-state index contributed by atoms with van der Waals surface area (Å²) in [4.78, 5) is 23.1. The number of carbonyl (C=O) groups is 1. The number of nitrogen functional groups attached to an aromatic ring is 1. The van der Waals surface area contributed by atoms with Gasteiger partial charge >= 0.3 is 5.97 Å². The number of rotatable bonds is 3. The van der Waals surface area contributed by atoms with Crippen LogP contribution in [0, 0.1) is 0 Å². The third-order valence-corrected chi connectivity index (χ3v) is 4.59. The fraction of sp³-hybridized carbons (Fsp3) is 0.333. The predicted octanol–water partition coefficient (Wildman–Crippen LogP) is 2.98. The molecule has 1 fully saturated rings. The molecule has 1 aliphatic rings. The van der Waals surface area contributed by atoms with E-state index in [9.17, 15) is 9.59 Å². The summed E-state index contributed by atoms with van der Waals surface area (Å²) in [6, 6.07) is 10.0. The largest absolute Gasteiger partial charge is 0.478 e. The fourth-order valence-electron chi connectivity index (χ4n) is 3.29. The van der Waals surface area contributed by atoms with Gasteiger partial charge in [0.15, 0.2) is 0 Å². The van der Waals surface area contributed by atoms with Crippen LogP contribution in [0.5, 0.6) is 0 Å². The van der Waals surface area contributed by atoms with Gasteiger partial charge in [-0.25, -0.2) is 9.47 Å². The van der Waals surface area contributed by atoms with Gasteiger partial charge in [0, 0.05) is 17.7 Å². The molecule has 0 unspecified atom stereocenters. The van der Waals surface area contributed by atoms with Gasteiger partial charge in [0.05, 0.1) is 5.56 Å². The number of carboxylic acids is 1.